The zero-order valence-corrected chi connectivity index (χ0v) is 11.3. The van der Waals surface area contributed by atoms with Crippen LogP contribution < -0.4 is 0 Å². The maximum atomic E-state index is 12.5. The molecule has 0 N–H and O–H groups in total. The fourth-order valence-electron chi connectivity index (χ4n) is 1.71. The van der Waals surface area contributed by atoms with Crippen LogP contribution in [0.25, 0.3) is 10.6 Å². The molecule has 0 aliphatic carbocycles. The Hall–Kier alpha value is -2.32. The van der Waals surface area contributed by atoms with Crippen LogP contribution in [0, 0.1) is 11.3 Å². The van der Waals surface area contributed by atoms with E-state index >= 15 is 0 Å². The SMILES string of the molecule is N#C/C(=C(\Cl)c1ccc(C(F)(F)F)cc1)c1ccncc1. The summed E-state index contributed by atoms with van der Waals surface area (Å²) in [5.41, 5.74) is 0.312. The molecular weight excluding hydrogens is 301 g/mol. The minimum Gasteiger partial charge on any atom is -0.265 e. The molecule has 1 aromatic heterocycles. The van der Waals surface area contributed by atoms with Gasteiger partial charge in [0.2, 0.25) is 0 Å². The predicted molar refractivity (Wildman–Crippen MR) is 74.0 cm³/mol. The largest absolute Gasteiger partial charge is 0.416 e. The molecule has 0 radical (unpaired) electrons. The van der Waals surface area contributed by atoms with Gasteiger partial charge < -0.3 is 0 Å². The molecule has 0 saturated heterocycles. The number of nitriles is 1. The number of nitrogens with zero attached hydrogens (tertiary/aromatic N) is 2. The third-order valence-electron chi connectivity index (χ3n) is 2.77. The van der Waals surface area contributed by atoms with Gasteiger partial charge in [-0.1, -0.05) is 23.7 Å². The molecule has 0 bridgehead atoms. The Morgan fingerprint density at radius 3 is 2.05 bits per heavy atom. The van der Waals surface area contributed by atoms with Crippen molar-refractivity contribution in [3.05, 3.63) is 65.5 Å². The van der Waals surface area contributed by atoms with Gasteiger partial charge in [-0.15, -0.1) is 0 Å². The zero-order valence-electron chi connectivity index (χ0n) is 10.5. The second-order valence-corrected chi connectivity index (χ2v) is 4.49. The van der Waals surface area contributed by atoms with Crippen molar-refractivity contribution in [3.63, 3.8) is 0 Å². The topological polar surface area (TPSA) is 36.7 Å². The van der Waals surface area contributed by atoms with Crippen LogP contribution in [-0.4, -0.2) is 4.98 Å². The molecule has 0 fully saturated rings. The van der Waals surface area contributed by atoms with Gasteiger partial charge in [0.05, 0.1) is 16.2 Å². The Kier molecular flexibility index (Phi) is 4.29. The average molecular weight is 309 g/mol. The Bertz CT molecular complexity index is 698. The van der Waals surface area contributed by atoms with E-state index < -0.39 is 11.7 Å². The molecule has 1 aromatic carbocycles. The highest BCUT2D eigenvalue weighted by Crippen LogP contribution is 2.33. The first kappa shape index (κ1) is 15.1. The number of pyridine rings is 1. The molecule has 0 saturated carbocycles. The molecule has 106 valence electrons. The van der Waals surface area contributed by atoms with E-state index in [1.165, 1.54) is 24.5 Å². The highest BCUT2D eigenvalue weighted by Gasteiger charge is 2.30. The van der Waals surface area contributed by atoms with E-state index in [-0.39, 0.29) is 10.6 Å². The molecule has 0 atom stereocenters. The molecule has 2 rings (SSSR count). The number of allylic oxidation sites excluding steroid dienone is 1. The smallest absolute Gasteiger partial charge is 0.265 e. The van der Waals surface area contributed by atoms with Crippen molar-refractivity contribution in [2.24, 2.45) is 0 Å². The fourth-order valence-corrected chi connectivity index (χ4v) is 1.99. The summed E-state index contributed by atoms with van der Waals surface area (Å²) < 4.78 is 37.5. The van der Waals surface area contributed by atoms with Gasteiger partial charge >= 0.3 is 6.18 Å². The molecule has 6 heteroatoms. The summed E-state index contributed by atoms with van der Waals surface area (Å²) in [6.07, 6.45) is -1.40. The van der Waals surface area contributed by atoms with Crippen molar-refractivity contribution in [1.29, 1.82) is 5.26 Å². The van der Waals surface area contributed by atoms with Crippen LogP contribution in [0.5, 0.6) is 0 Å². The number of benzene rings is 1. The number of aromatic nitrogens is 1. The summed E-state index contributed by atoms with van der Waals surface area (Å²) in [4.78, 5) is 3.83. The lowest BCUT2D eigenvalue weighted by atomic mass is 10.0. The number of rotatable bonds is 2. The number of alkyl halides is 3. The molecule has 0 unspecified atom stereocenters. The van der Waals surface area contributed by atoms with Crippen molar-refractivity contribution in [1.82, 2.24) is 4.98 Å². The molecule has 2 nitrogen and oxygen atoms in total. The van der Waals surface area contributed by atoms with Crippen molar-refractivity contribution in [2.75, 3.05) is 0 Å². The third kappa shape index (κ3) is 3.41. The first-order chi connectivity index (χ1) is 9.93. The average Bonchev–Trinajstić information content (AvgIpc) is 2.48. The summed E-state index contributed by atoms with van der Waals surface area (Å²) in [6.45, 7) is 0. The summed E-state index contributed by atoms with van der Waals surface area (Å²) in [7, 11) is 0. The molecule has 0 spiro atoms. The standard InChI is InChI=1S/C15H8ClF3N2/c16-14(13(9-20)10-5-7-21-8-6-10)11-1-3-12(4-2-11)15(17,18)19/h1-8H/b14-13+. The third-order valence-corrected chi connectivity index (χ3v) is 3.17. The maximum absolute atomic E-state index is 12.5. The Labute approximate surface area is 124 Å². The fraction of sp³-hybridized carbons (Fsp3) is 0.0667. The second kappa shape index (κ2) is 5.98. The first-order valence-electron chi connectivity index (χ1n) is 5.81. The van der Waals surface area contributed by atoms with Gasteiger partial charge in [-0.2, -0.15) is 18.4 Å². The summed E-state index contributed by atoms with van der Waals surface area (Å²) in [5, 5.41) is 9.30. The van der Waals surface area contributed by atoms with Crippen molar-refractivity contribution in [2.45, 2.75) is 6.18 Å². The van der Waals surface area contributed by atoms with E-state index in [4.69, 9.17) is 11.6 Å². The quantitative estimate of drug-likeness (QED) is 0.752. The highest BCUT2D eigenvalue weighted by molar-refractivity contribution is 6.53. The summed E-state index contributed by atoms with van der Waals surface area (Å²) >= 11 is 6.13. The monoisotopic (exact) mass is 308 g/mol. The maximum Gasteiger partial charge on any atom is 0.416 e. The summed E-state index contributed by atoms with van der Waals surface area (Å²) in [5.74, 6) is 0. The van der Waals surface area contributed by atoms with Gasteiger partial charge in [0.1, 0.15) is 6.07 Å². The number of hydrogen-bond donors (Lipinski definition) is 0. The minimum atomic E-state index is -4.40. The van der Waals surface area contributed by atoms with Crippen LogP contribution in [0.15, 0.2) is 48.8 Å². The van der Waals surface area contributed by atoms with Gasteiger partial charge in [-0.05, 0) is 35.4 Å². The molecule has 2 aromatic rings. The van der Waals surface area contributed by atoms with E-state index in [0.717, 1.165) is 12.1 Å². The number of hydrogen-bond acceptors (Lipinski definition) is 2. The predicted octanol–water partition coefficient (Wildman–Crippen LogP) is 4.73. The van der Waals surface area contributed by atoms with Crippen LogP contribution in [0.1, 0.15) is 16.7 Å². The van der Waals surface area contributed by atoms with Crippen molar-refractivity contribution in [3.8, 4) is 6.07 Å². The van der Waals surface area contributed by atoms with Crippen molar-refractivity contribution >= 4 is 22.2 Å². The van der Waals surface area contributed by atoms with E-state index in [2.05, 4.69) is 4.98 Å². The highest BCUT2D eigenvalue weighted by atomic mass is 35.5. The van der Waals surface area contributed by atoms with Crippen molar-refractivity contribution < 1.29 is 13.2 Å². The van der Waals surface area contributed by atoms with Crippen LogP contribution >= 0.6 is 11.6 Å². The van der Waals surface area contributed by atoms with E-state index in [1.807, 2.05) is 6.07 Å². The van der Waals surface area contributed by atoms with Crippen LogP contribution in [-0.2, 0) is 6.18 Å². The molecule has 0 amide bonds. The van der Waals surface area contributed by atoms with Crippen LogP contribution in [0.3, 0.4) is 0 Å². The molecule has 0 aliphatic rings. The first-order valence-corrected chi connectivity index (χ1v) is 6.19. The lowest BCUT2D eigenvalue weighted by Crippen LogP contribution is -2.04. The molecule has 1 heterocycles. The second-order valence-electron chi connectivity index (χ2n) is 4.11. The van der Waals surface area contributed by atoms with E-state index in [9.17, 15) is 18.4 Å². The zero-order chi connectivity index (χ0) is 15.5. The van der Waals surface area contributed by atoms with Gasteiger partial charge in [-0.3, -0.25) is 4.98 Å². The molecule has 21 heavy (non-hydrogen) atoms. The van der Waals surface area contributed by atoms with Gasteiger partial charge in [0.25, 0.3) is 0 Å². The Morgan fingerprint density at radius 2 is 1.57 bits per heavy atom. The lowest BCUT2D eigenvalue weighted by molar-refractivity contribution is -0.137. The number of halogens is 4. The molecule has 0 aliphatic heterocycles. The Morgan fingerprint density at radius 1 is 1.00 bits per heavy atom. The van der Waals surface area contributed by atoms with Gasteiger partial charge in [-0.25, -0.2) is 0 Å². The van der Waals surface area contributed by atoms with E-state index in [1.54, 1.807) is 12.1 Å². The molecular formula is C15H8ClF3N2. The normalized spacial score (nSPS) is 12.5. The minimum absolute atomic E-state index is 0.0948. The lowest BCUT2D eigenvalue weighted by Gasteiger charge is -2.08. The Balaban J connectivity index is 2.45. The van der Waals surface area contributed by atoms with Gasteiger partial charge in [0, 0.05) is 12.4 Å². The van der Waals surface area contributed by atoms with E-state index in [0.29, 0.717) is 11.1 Å². The van der Waals surface area contributed by atoms with Crippen LogP contribution in [0.2, 0.25) is 0 Å². The summed E-state index contributed by atoms with van der Waals surface area (Å²) in [6, 6.07) is 9.50. The van der Waals surface area contributed by atoms with Gasteiger partial charge in [0.15, 0.2) is 0 Å². The van der Waals surface area contributed by atoms with Crippen LogP contribution in [0.4, 0.5) is 13.2 Å².